The molecular weight excluding hydrogens is 335 g/mol. The van der Waals surface area contributed by atoms with Crippen molar-refractivity contribution in [2.75, 3.05) is 6.61 Å². The van der Waals surface area contributed by atoms with Gasteiger partial charge >= 0.3 is 7.82 Å². The zero-order valence-corrected chi connectivity index (χ0v) is 15.3. The van der Waals surface area contributed by atoms with Crippen molar-refractivity contribution in [1.29, 1.82) is 0 Å². The average Bonchev–Trinajstić information content (AvgIpc) is 2.50. The fraction of sp³-hybridized carbons (Fsp3) is 0.625. The number of hydrogen-bond acceptors (Lipinski definition) is 5. The minimum absolute atomic E-state index is 0.0434. The van der Waals surface area contributed by atoms with Gasteiger partial charge in [-0.25, -0.2) is 9.45 Å². The second-order valence-corrected chi connectivity index (χ2v) is 9.16. The first-order valence-electron chi connectivity index (χ1n) is 7.71. The normalized spacial score (nSPS) is 32.1. The van der Waals surface area contributed by atoms with Crippen molar-refractivity contribution in [3.63, 3.8) is 0 Å². The summed E-state index contributed by atoms with van der Waals surface area (Å²) in [5.41, 5.74) is -0.803. The maximum absolute atomic E-state index is 11.1. The summed E-state index contributed by atoms with van der Waals surface area (Å²) in [6.45, 7) is 10.7. The molecule has 1 aromatic rings. The fourth-order valence-electron chi connectivity index (χ4n) is 4.13. The number of hydrogen-bond donors (Lipinski definition) is 2. The molecule has 0 amide bonds. The molecule has 2 aliphatic rings. The smallest absolute Gasteiger partial charge is 0.404 e. The van der Waals surface area contributed by atoms with Crippen LogP contribution in [0.2, 0.25) is 0 Å². The van der Waals surface area contributed by atoms with Crippen molar-refractivity contribution in [2.24, 2.45) is 10.8 Å². The molecule has 2 aliphatic heterocycles. The van der Waals surface area contributed by atoms with E-state index in [0.29, 0.717) is 12.2 Å². The summed E-state index contributed by atoms with van der Waals surface area (Å²) in [5.74, 6) is -1.11. The van der Waals surface area contributed by atoms with E-state index in [1.165, 1.54) is 12.1 Å². The van der Waals surface area contributed by atoms with Crippen LogP contribution >= 0.6 is 7.82 Å². The SMILES string of the molecule is CC(C)(C)C12OOC1(c1cccc(OP(=O)(O)O)c1)OCC2(C)C. The van der Waals surface area contributed by atoms with Crippen LogP contribution in [-0.2, 0) is 24.9 Å². The molecule has 0 bridgehead atoms. The van der Waals surface area contributed by atoms with Crippen LogP contribution < -0.4 is 4.52 Å². The van der Waals surface area contributed by atoms with E-state index in [0.717, 1.165) is 0 Å². The molecule has 0 spiro atoms. The van der Waals surface area contributed by atoms with Crippen molar-refractivity contribution >= 4 is 7.82 Å². The van der Waals surface area contributed by atoms with E-state index in [1.807, 2.05) is 0 Å². The van der Waals surface area contributed by atoms with Crippen LogP contribution in [0.15, 0.2) is 24.3 Å². The van der Waals surface area contributed by atoms with Crippen molar-refractivity contribution in [3.05, 3.63) is 29.8 Å². The average molecular weight is 358 g/mol. The third-order valence-electron chi connectivity index (χ3n) is 4.83. The summed E-state index contributed by atoms with van der Waals surface area (Å²) in [6, 6.07) is 6.40. The molecule has 8 heteroatoms. The molecule has 2 atom stereocenters. The summed E-state index contributed by atoms with van der Waals surface area (Å²) in [6.07, 6.45) is 0. The summed E-state index contributed by atoms with van der Waals surface area (Å²) in [4.78, 5) is 29.3. The molecule has 0 saturated carbocycles. The van der Waals surface area contributed by atoms with Gasteiger partial charge in [-0.2, -0.15) is 4.89 Å². The molecule has 2 saturated heterocycles. The predicted octanol–water partition coefficient (Wildman–Crippen LogP) is 3.11. The van der Waals surface area contributed by atoms with Gasteiger partial charge in [0.05, 0.1) is 6.61 Å². The topological polar surface area (TPSA) is 94.5 Å². The Labute approximate surface area is 141 Å². The van der Waals surface area contributed by atoms with Crippen LogP contribution in [0.3, 0.4) is 0 Å². The molecule has 0 radical (unpaired) electrons. The third kappa shape index (κ3) is 2.27. The van der Waals surface area contributed by atoms with Crippen LogP contribution in [0.1, 0.15) is 40.2 Å². The highest BCUT2D eigenvalue weighted by molar-refractivity contribution is 7.46. The van der Waals surface area contributed by atoms with E-state index in [4.69, 9.17) is 28.8 Å². The van der Waals surface area contributed by atoms with Crippen LogP contribution in [0, 0.1) is 10.8 Å². The molecule has 1 aromatic carbocycles. The highest BCUT2D eigenvalue weighted by Gasteiger charge is 2.81. The van der Waals surface area contributed by atoms with Gasteiger partial charge in [0.15, 0.2) is 5.60 Å². The Morgan fingerprint density at radius 2 is 1.88 bits per heavy atom. The minimum atomic E-state index is -4.65. The van der Waals surface area contributed by atoms with Gasteiger partial charge in [0.25, 0.3) is 5.79 Å². The number of phosphoric acid groups is 1. The van der Waals surface area contributed by atoms with E-state index < -0.39 is 19.2 Å². The lowest BCUT2D eigenvalue weighted by Crippen LogP contribution is -2.73. The van der Waals surface area contributed by atoms with Crippen LogP contribution in [-0.4, -0.2) is 22.0 Å². The van der Waals surface area contributed by atoms with Crippen molar-refractivity contribution in [3.8, 4) is 5.75 Å². The molecular formula is C16H23O7P. The Hall–Kier alpha value is -0.950. The lowest BCUT2D eigenvalue weighted by molar-refractivity contribution is -0.626. The lowest BCUT2D eigenvalue weighted by Gasteiger charge is -2.61. The van der Waals surface area contributed by atoms with E-state index in [-0.39, 0.29) is 16.6 Å². The zero-order chi connectivity index (χ0) is 18.0. The van der Waals surface area contributed by atoms with Crippen LogP contribution in [0.25, 0.3) is 0 Å². The first-order chi connectivity index (χ1) is 10.8. The largest absolute Gasteiger partial charge is 0.524 e. The molecule has 2 fully saturated rings. The van der Waals surface area contributed by atoms with E-state index in [2.05, 4.69) is 34.6 Å². The van der Waals surface area contributed by atoms with E-state index in [9.17, 15) is 4.57 Å². The number of phosphoric ester groups is 1. The standard InChI is InChI=1S/C16H23O7P/c1-13(2,3)16-14(4,5)10-20-15(16,22-23-16)11-7-6-8-12(9-11)21-24(17,18)19/h6-9H,10H2,1-5H3,(H2,17,18,19). The number of rotatable bonds is 3. The Morgan fingerprint density at radius 3 is 2.38 bits per heavy atom. The highest BCUT2D eigenvalue weighted by Crippen LogP contribution is 2.69. The second kappa shape index (κ2) is 5.04. The number of ether oxygens (including phenoxy) is 1. The van der Waals surface area contributed by atoms with Gasteiger partial charge in [0, 0.05) is 16.4 Å². The molecule has 0 aliphatic carbocycles. The van der Waals surface area contributed by atoms with Crippen molar-refractivity contribution < 1.29 is 33.4 Å². The Morgan fingerprint density at radius 1 is 1.21 bits per heavy atom. The molecule has 2 N–H and O–H groups in total. The molecule has 3 rings (SSSR count). The van der Waals surface area contributed by atoms with E-state index in [1.54, 1.807) is 12.1 Å². The van der Waals surface area contributed by atoms with Gasteiger partial charge in [0.1, 0.15) is 5.75 Å². The third-order valence-corrected chi connectivity index (χ3v) is 5.28. The molecule has 24 heavy (non-hydrogen) atoms. The summed E-state index contributed by atoms with van der Waals surface area (Å²) in [5, 5.41) is 0. The predicted molar refractivity (Wildman–Crippen MR) is 84.9 cm³/mol. The Bertz CT molecular complexity index is 705. The monoisotopic (exact) mass is 358 g/mol. The van der Waals surface area contributed by atoms with Crippen molar-refractivity contribution in [1.82, 2.24) is 0 Å². The first kappa shape index (κ1) is 17.9. The summed E-state index contributed by atoms with van der Waals surface area (Å²) < 4.78 is 21.9. The minimum Gasteiger partial charge on any atom is -0.404 e. The summed E-state index contributed by atoms with van der Waals surface area (Å²) >= 11 is 0. The maximum atomic E-state index is 11.1. The lowest BCUT2D eigenvalue weighted by atomic mass is 9.57. The maximum Gasteiger partial charge on any atom is 0.524 e. The van der Waals surface area contributed by atoms with Crippen LogP contribution in [0.5, 0.6) is 5.75 Å². The molecule has 2 heterocycles. The highest BCUT2D eigenvalue weighted by atomic mass is 31.2. The van der Waals surface area contributed by atoms with Gasteiger partial charge in [-0.1, -0.05) is 46.8 Å². The second-order valence-electron chi connectivity index (χ2n) is 8.00. The number of fused-ring (bicyclic) bond motifs is 1. The molecule has 7 nitrogen and oxygen atoms in total. The Kier molecular flexibility index (Phi) is 3.75. The Balaban J connectivity index is 2.09. The first-order valence-corrected chi connectivity index (χ1v) is 9.24. The van der Waals surface area contributed by atoms with Gasteiger partial charge in [-0.05, 0) is 12.1 Å². The van der Waals surface area contributed by atoms with Gasteiger partial charge in [0.2, 0.25) is 0 Å². The van der Waals surface area contributed by atoms with E-state index >= 15 is 0 Å². The van der Waals surface area contributed by atoms with Gasteiger partial charge < -0.3 is 9.26 Å². The van der Waals surface area contributed by atoms with Crippen LogP contribution in [0.4, 0.5) is 0 Å². The fourth-order valence-corrected chi connectivity index (χ4v) is 4.52. The van der Waals surface area contributed by atoms with Gasteiger partial charge in [-0.3, -0.25) is 9.79 Å². The zero-order valence-electron chi connectivity index (χ0n) is 14.4. The summed E-state index contributed by atoms with van der Waals surface area (Å²) in [7, 11) is -4.65. The van der Waals surface area contributed by atoms with Gasteiger partial charge in [-0.15, -0.1) is 0 Å². The van der Waals surface area contributed by atoms with Crippen molar-refractivity contribution in [2.45, 2.75) is 46.0 Å². The quantitative estimate of drug-likeness (QED) is 0.633. The molecule has 0 aromatic heterocycles. The molecule has 134 valence electrons. The number of benzene rings is 1. The molecule has 2 unspecified atom stereocenters.